The van der Waals surface area contributed by atoms with Crippen molar-refractivity contribution in [3.8, 4) is 11.5 Å². The summed E-state index contributed by atoms with van der Waals surface area (Å²) < 4.78 is 11.2. The van der Waals surface area contributed by atoms with Gasteiger partial charge in [0.2, 0.25) is 5.91 Å². The molecule has 0 saturated carbocycles. The lowest BCUT2D eigenvalue weighted by molar-refractivity contribution is -0.143. The number of carbonyl (C=O) groups excluding carboxylic acids is 2. The van der Waals surface area contributed by atoms with Gasteiger partial charge in [-0.25, -0.2) is 0 Å². The number of hydrogen-bond donors (Lipinski definition) is 1. The van der Waals surface area contributed by atoms with Gasteiger partial charge in [-0.3, -0.25) is 9.59 Å². The second-order valence-corrected chi connectivity index (χ2v) is 8.82. The third kappa shape index (κ3) is 7.60. The molecule has 0 aliphatic carbocycles. The topological polar surface area (TPSA) is 67.9 Å². The van der Waals surface area contributed by atoms with Gasteiger partial charge in [0, 0.05) is 19.0 Å². The van der Waals surface area contributed by atoms with E-state index in [1.54, 1.807) is 24.1 Å². The maximum absolute atomic E-state index is 13.6. The van der Waals surface area contributed by atoms with E-state index in [2.05, 4.69) is 5.32 Å². The van der Waals surface area contributed by atoms with Gasteiger partial charge in [-0.1, -0.05) is 72.3 Å². The van der Waals surface area contributed by atoms with Crippen LogP contribution in [0.5, 0.6) is 11.5 Å². The zero-order valence-electron chi connectivity index (χ0n) is 20.9. The van der Waals surface area contributed by atoms with Crippen LogP contribution in [0.25, 0.3) is 0 Å². The number of rotatable bonds is 11. The third-order valence-corrected chi connectivity index (χ3v) is 5.60. The zero-order valence-corrected chi connectivity index (χ0v) is 20.9. The maximum atomic E-state index is 13.6. The molecule has 6 nitrogen and oxygen atoms in total. The smallest absolute Gasteiger partial charge is 0.261 e. The van der Waals surface area contributed by atoms with E-state index in [4.69, 9.17) is 9.47 Å². The number of carbonyl (C=O) groups is 2. The predicted octanol–water partition coefficient (Wildman–Crippen LogP) is 4.55. The van der Waals surface area contributed by atoms with E-state index in [-0.39, 0.29) is 31.0 Å². The summed E-state index contributed by atoms with van der Waals surface area (Å²) in [5.41, 5.74) is 3.05. The van der Waals surface area contributed by atoms with Gasteiger partial charge < -0.3 is 19.7 Å². The Morgan fingerprint density at radius 3 is 2.11 bits per heavy atom. The molecule has 0 bridgehead atoms. The summed E-state index contributed by atoms with van der Waals surface area (Å²) in [6.45, 7) is 5.91. The molecule has 1 N–H and O–H groups in total. The van der Waals surface area contributed by atoms with Gasteiger partial charge in [-0.05, 0) is 44.0 Å². The summed E-state index contributed by atoms with van der Waals surface area (Å²) in [6.07, 6.45) is 0.394. The van der Waals surface area contributed by atoms with Crippen LogP contribution in [0.15, 0.2) is 78.9 Å². The Kier molecular flexibility index (Phi) is 9.30. The first-order valence-corrected chi connectivity index (χ1v) is 11.8. The second kappa shape index (κ2) is 12.6. The SMILES string of the molecule is COc1ccccc1OCC(=O)N(Cc1ccc(C)cc1)[C@@H](Cc1ccccc1)C(=O)NC(C)C. The highest BCUT2D eigenvalue weighted by Crippen LogP contribution is 2.26. The van der Waals surface area contributed by atoms with E-state index in [1.807, 2.05) is 87.5 Å². The first-order chi connectivity index (χ1) is 16.9. The van der Waals surface area contributed by atoms with Gasteiger partial charge in [0.05, 0.1) is 7.11 Å². The summed E-state index contributed by atoms with van der Waals surface area (Å²) in [6, 6.07) is 24.1. The van der Waals surface area contributed by atoms with E-state index in [0.717, 1.165) is 16.7 Å². The molecule has 3 rings (SSSR count). The van der Waals surface area contributed by atoms with E-state index < -0.39 is 6.04 Å². The van der Waals surface area contributed by atoms with Gasteiger partial charge in [-0.15, -0.1) is 0 Å². The third-order valence-electron chi connectivity index (χ3n) is 5.60. The number of nitrogens with zero attached hydrogens (tertiary/aromatic N) is 1. The predicted molar refractivity (Wildman–Crippen MR) is 137 cm³/mol. The van der Waals surface area contributed by atoms with Crippen molar-refractivity contribution < 1.29 is 19.1 Å². The molecule has 0 aliphatic rings. The molecule has 0 radical (unpaired) electrons. The molecule has 0 aromatic heterocycles. The van der Waals surface area contributed by atoms with E-state index in [1.165, 1.54) is 0 Å². The van der Waals surface area contributed by atoms with Crippen molar-refractivity contribution in [2.45, 2.75) is 45.8 Å². The lowest BCUT2D eigenvalue weighted by Crippen LogP contribution is -2.52. The van der Waals surface area contributed by atoms with Gasteiger partial charge in [0.25, 0.3) is 5.91 Å². The van der Waals surface area contributed by atoms with Crippen molar-refractivity contribution >= 4 is 11.8 Å². The molecule has 35 heavy (non-hydrogen) atoms. The molecule has 3 aromatic rings. The van der Waals surface area contributed by atoms with Crippen LogP contribution in [0.3, 0.4) is 0 Å². The molecule has 0 saturated heterocycles. The fourth-order valence-electron chi connectivity index (χ4n) is 3.79. The number of amides is 2. The highest BCUT2D eigenvalue weighted by molar-refractivity contribution is 5.88. The first kappa shape index (κ1) is 25.8. The summed E-state index contributed by atoms with van der Waals surface area (Å²) in [7, 11) is 1.56. The van der Waals surface area contributed by atoms with Crippen LogP contribution in [-0.2, 0) is 22.6 Å². The van der Waals surface area contributed by atoms with Crippen molar-refractivity contribution in [1.29, 1.82) is 0 Å². The summed E-state index contributed by atoms with van der Waals surface area (Å²) in [4.78, 5) is 28.6. The summed E-state index contributed by atoms with van der Waals surface area (Å²) >= 11 is 0. The minimum Gasteiger partial charge on any atom is -0.493 e. The lowest BCUT2D eigenvalue weighted by atomic mass is 10.0. The van der Waals surface area contributed by atoms with Gasteiger partial charge in [0.1, 0.15) is 6.04 Å². The van der Waals surface area contributed by atoms with Crippen molar-refractivity contribution in [1.82, 2.24) is 10.2 Å². The Bertz CT molecular complexity index is 1100. The average molecular weight is 475 g/mol. The lowest BCUT2D eigenvalue weighted by Gasteiger charge is -2.32. The van der Waals surface area contributed by atoms with E-state index in [9.17, 15) is 9.59 Å². The van der Waals surface area contributed by atoms with Gasteiger partial charge in [0.15, 0.2) is 18.1 Å². The summed E-state index contributed by atoms with van der Waals surface area (Å²) in [5.74, 6) is 0.548. The van der Waals surface area contributed by atoms with Gasteiger partial charge in [-0.2, -0.15) is 0 Å². The van der Waals surface area contributed by atoms with Crippen molar-refractivity contribution in [3.63, 3.8) is 0 Å². The van der Waals surface area contributed by atoms with Crippen LogP contribution in [0.1, 0.15) is 30.5 Å². The van der Waals surface area contributed by atoms with Crippen molar-refractivity contribution in [2.75, 3.05) is 13.7 Å². The molecule has 0 unspecified atom stereocenters. The van der Waals surface area contributed by atoms with Crippen LogP contribution in [0.2, 0.25) is 0 Å². The van der Waals surface area contributed by atoms with Crippen LogP contribution < -0.4 is 14.8 Å². The molecule has 0 fully saturated rings. The number of para-hydroxylation sites is 2. The van der Waals surface area contributed by atoms with Crippen LogP contribution in [0, 0.1) is 6.92 Å². The maximum Gasteiger partial charge on any atom is 0.261 e. The second-order valence-electron chi connectivity index (χ2n) is 8.82. The Morgan fingerprint density at radius 1 is 0.857 bits per heavy atom. The Labute approximate surface area is 207 Å². The zero-order chi connectivity index (χ0) is 25.2. The van der Waals surface area contributed by atoms with Crippen LogP contribution in [-0.4, -0.2) is 42.5 Å². The number of ether oxygens (including phenoxy) is 2. The number of methoxy groups -OCH3 is 1. The standard InChI is InChI=1S/C29H34N2O4/c1-21(2)30-29(33)25(18-23-10-6-5-7-11-23)31(19-24-16-14-22(3)15-17-24)28(32)20-35-27-13-9-8-12-26(27)34-4/h5-17,21,25H,18-20H2,1-4H3,(H,30,33)/t25-/m0/s1. The molecule has 1 atom stereocenters. The number of hydrogen-bond acceptors (Lipinski definition) is 4. The molecular formula is C29H34N2O4. The number of benzene rings is 3. The van der Waals surface area contributed by atoms with Crippen LogP contribution >= 0.6 is 0 Å². The molecule has 2 amide bonds. The quantitative estimate of drug-likeness (QED) is 0.443. The fraction of sp³-hybridized carbons (Fsp3) is 0.310. The molecule has 3 aromatic carbocycles. The minimum atomic E-state index is -0.699. The highest BCUT2D eigenvalue weighted by Gasteiger charge is 2.31. The Balaban J connectivity index is 1.91. The highest BCUT2D eigenvalue weighted by atomic mass is 16.5. The minimum absolute atomic E-state index is 0.0538. The van der Waals surface area contributed by atoms with Crippen molar-refractivity contribution in [2.24, 2.45) is 0 Å². The summed E-state index contributed by atoms with van der Waals surface area (Å²) in [5, 5.41) is 2.99. The average Bonchev–Trinajstić information content (AvgIpc) is 2.86. The number of nitrogens with one attached hydrogen (secondary N) is 1. The molecule has 6 heteroatoms. The van der Waals surface area contributed by atoms with Gasteiger partial charge >= 0.3 is 0 Å². The number of aryl methyl sites for hydroxylation is 1. The molecule has 0 aliphatic heterocycles. The Hall–Kier alpha value is -3.80. The molecule has 184 valence electrons. The Morgan fingerprint density at radius 2 is 1.49 bits per heavy atom. The normalized spacial score (nSPS) is 11.6. The monoisotopic (exact) mass is 474 g/mol. The van der Waals surface area contributed by atoms with Crippen LogP contribution in [0.4, 0.5) is 0 Å². The van der Waals surface area contributed by atoms with E-state index in [0.29, 0.717) is 17.9 Å². The first-order valence-electron chi connectivity index (χ1n) is 11.8. The van der Waals surface area contributed by atoms with E-state index >= 15 is 0 Å². The molecular weight excluding hydrogens is 440 g/mol. The largest absolute Gasteiger partial charge is 0.493 e. The molecule has 0 spiro atoms. The molecule has 0 heterocycles. The fourth-order valence-corrected chi connectivity index (χ4v) is 3.79. The van der Waals surface area contributed by atoms with Crippen molar-refractivity contribution in [3.05, 3.63) is 95.6 Å².